The zero-order valence-corrected chi connectivity index (χ0v) is 18.3. The van der Waals surface area contributed by atoms with Gasteiger partial charge in [-0.1, -0.05) is 6.92 Å². The van der Waals surface area contributed by atoms with Crippen molar-refractivity contribution in [3.63, 3.8) is 0 Å². The van der Waals surface area contributed by atoms with Crippen molar-refractivity contribution in [3.05, 3.63) is 29.5 Å². The van der Waals surface area contributed by atoms with Gasteiger partial charge in [0, 0.05) is 36.6 Å². The van der Waals surface area contributed by atoms with E-state index < -0.39 is 10.0 Å². The highest BCUT2D eigenvalue weighted by Crippen LogP contribution is 2.31. The first kappa shape index (κ1) is 20.4. The molecule has 4 rings (SSSR count). The van der Waals surface area contributed by atoms with Crippen molar-refractivity contribution >= 4 is 26.9 Å². The SMILES string of the molecule is Cc1c(C(=O)N2CCCCC2C)oc2ccc(S(=O)(=O)N3CCC(C)CC3)cc12. The molecule has 2 fully saturated rings. The third-order valence-electron chi connectivity index (χ3n) is 6.55. The number of carbonyl (C=O) groups excluding carboxylic acids is 1. The van der Waals surface area contributed by atoms with Crippen LogP contribution in [0.3, 0.4) is 0 Å². The second-order valence-corrected chi connectivity index (χ2v) is 10.6. The van der Waals surface area contributed by atoms with Crippen LogP contribution in [-0.4, -0.2) is 49.2 Å². The van der Waals surface area contributed by atoms with Crippen LogP contribution in [0, 0.1) is 12.8 Å². The van der Waals surface area contributed by atoms with Gasteiger partial charge >= 0.3 is 0 Å². The Morgan fingerprint density at radius 3 is 2.48 bits per heavy atom. The molecule has 6 nitrogen and oxygen atoms in total. The maximum Gasteiger partial charge on any atom is 0.290 e. The molecular weight excluding hydrogens is 388 g/mol. The summed E-state index contributed by atoms with van der Waals surface area (Å²) in [6, 6.07) is 5.13. The van der Waals surface area contributed by atoms with Crippen LogP contribution in [-0.2, 0) is 10.0 Å². The quantitative estimate of drug-likeness (QED) is 0.750. The minimum Gasteiger partial charge on any atom is -0.451 e. The van der Waals surface area contributed by atoms with Crippen LogP contribution in [0.1, 0.15) is 62.1 Å². The molecule has 1 atom stereocenters. The summed E-state index contributed by atoms with van der Waals surface area (Å²) >= 11 is 0. The lowest BCUT2D eigenvalue weighted by atomic mass is 10.0. The second kappa shape index (κ2) is 7.76. The van der Waals surface area contributed by atoms with E-state index in [-0.39, 0.29) is 16.8 Å². The summed E-state index contributed by atoms with van der Waals surface area (Å²) < 4.78 is 33.7. The summed E-state index contributed by atoms with van der Waals surface area (Å²) in [6.07, 6.45) is 4.92. The summed E-state index contributed by atoms with van der Waals surface area (Å²) in [5, 5.41) is 0.699. The van der Waals surface area contributed by atoms with Crippen LogP contribution >= 0.6 is 0 Å². The fraction of sp³-hybridized carbons (Fsp3) is 0.591. The lowest BCUT2D eigenvalue weighted by Gasteiger charge is -2.32. The van der Waals surface area contributed by atoms with E-state index in [1.54, 1.807) is 22.5 Å². The first-order chi connectivity index (χ1) is 13.8. The van der Waals surface area contributed by atoms with Crippen molar-refractivity contribution in [2.24, 2.45) is 5.92 Å². The highest BCUT2D eigenvalue weighted by atomic mass is 32.2. The zero-order chi connectivity index (χ0) is 20.8. The van der Waals surface area contributed by atoms with E-state index in [1.807, 2.05) is 11.8 Å². The number of amides is 1. The maximum absolute atomic E-state index is 13.1. The lowest BCUT2D eigenvalue weighted by molar-refractivity contribution is 0.0604. The van der Waals surface area contributed by atoms with Gasteiger partial charge in [-0.05, 0) is 70.1 Å². The van der Waals surface area contributed by atoms with Gasteiger partial charge in [-0.3, -0.25) is 4.79 Å². The molecule has 1 unspecified atom stereocenters. The van der Waals surface area contributed by atoms with E-state index in [9.17, 15) is 13.2 Å². The lowest BCUT2D eigenvalue weighted by Crippen LogP contribution is -2.42. The summed E-state index contributed by atoms with van der Waals surface area (Å²) in [5.74, 6) is 0.793. The Hall–Kier alpha value is -1.86. The molecule has 2 aliphatic heterocycles. The predicted octanol–water partition coefficient (Wildman–Crippen LogP) is 4.18. The Labute approximate surface area is 172 Å². The summed E-state index contributed by atoms with van der Waals surface area (Å²) in [6.45, 7) is 7.92. The predicted molar refractivity (Wildman–Crippen MR) is 112 cm³/mol. The van der Waals surface area contributed by atoms with Gasteiger partial charge in [0.2, 0.25) is 10.0 Å². The number of likely N-dealkylation sites (tertiary alicyclic amines) is 1. The Bertz CT molecular complexity index is 1020. The molecule has 1 aromatic heterocycles. The van der Waals surface area contributed by atoms with Gasteiger partial charge in [0.25, 0.3) is 5.91 Å². The molecule has 0 saturated carbocycles. The standard InChI is InChI=1S/C22H30N2O4S/c1-15-9-12-23(13-10-15)29(26,27)18-7-8-20-19(14-18)17(3)21(28-20)22(25)24-11-5-4-6-16(24)2/h7-8,14-16H,4-6,9-13H2,1-3H3. The number of piperidine rings is 2. The first-order valence-electron chi connectivity index (χ1n) is 10.6. The number of hydrogen-bond donors (Lipinski definition) is 0. The molecule has 1 aromatic carbocycles. The molecule has 0 aliphatic carbocycles. The third-order valence-corrected chi connectivity index (χ3v) is 8.44. The van der Waals surface area contributed by atoms with Crippen LogP contribution in [0.5, 0.6) is 0 Å². The topological polar surface area (TPSA) is 70.8 Å². The van der Waals surface area contributed by atoms with E-state index in [0.29, 0.717) is 41.3 Å². The van der Waals surface area contributed by atoms with Gasteiger partial charge in [0.15, 0.2) is 5.76 Å². The number of aryl methyl sites for hydroxylation is 1. The fourth-order valence-electron chi connectivity index (χ4n) is 4.47. The van der Waals surface area contributed by atoms with Crippen molar-refractivity contribution in [2.75, 3.05) is 19.6 Å². The van der Waals surface area contributed by atoms with Crippen LogP contribution in [0.4, 0.5) is 0 Å². The molecule has 3 heterocycles. The molecule has 29 heavy (non-hydrogen) atoms. The fourth-order valence-corrected chi connectivity index (χ4v) is 5.97. The number of hydrogen-bond acceptors (Lipinski definition) is 4. The molecule has 0 bridgehead atoms. The molecule has 2 aliphatic rings. The van der Waals surface area contributed by atoms with Crippen molar-refractivity contribution in [1.82, 2.24) is 9.21 Å². The average Bonchev–Trinajstić information content (AvgIpc) is 3.04. The highest BCUT2D eigenvalue weighted by Gasteiger charge is 2.31. The molecule has 2 saturated heterocycles. The summed E-state index contributed by atoms with van der Waals surface area (Å²) in [7, 11) is -3.54. The molecule has 0 spiro atoms. The Balaban J connectivity index is 1.66. The van der Waals surface area contributed by atoms with E-state index in [0.717, 1.165) is 38.6 Å². The molecule has 7 heteroatoms. The van der Waals surface area contributed by atoms with Crippen molar-refractivity contribution < 1.29 is 17.6 Å². The number of rotatable bonds is 3. The highest BCUT2D eigenvalue weighted by molar-refractivity contribution is 7.89. The minimum atomic E-state index is -3.54. The van der Waals surface area contributed by atoms with Crippen LogP contribution in [0.25, 0.3) is 11.0 Å². The van der Waals surface area contributed by atoms with Crippen LogP contribution in [0.15, 0.2) is 27.5 Å². The summed E-state index contributed by atoms with van der Waals surface area (Å²) in [5.41, 5.74) is 1.27. The Morgan fingerprint density at radius 2 is 1.79 bits per heavy atom. The number of sulfonamides is 1. The first-order valence-corrected chi connectivity index (χ1v) is 12.1. The molecule has 1 amide bonds. The zero-order valence-electron chi connectivity index (χ0n) is 17.5. The van der Waals surface area contributed by atoms with Gasteiger partial charge in [0.1, 0.15) is 5.58 Å². The average molecular weight is 419 g/mol. The smallest absolute Gasteiger partial charge is 0.290 e. The van der Waals surface area contributed by atoms with Gasteiger partial charge in [-0.25, -0.2) is 8.42 Å². The van der Waals surface area contributed by atoms with Gasteiger partial charge in [-0.2, -0.15) is 4.31 Å². The van der Waals surface area contributed by atoms with E-state index >= 15 is 0 Å². The van der Waals surface area contributed by atoms with E-state index in [1.165, 1.54) is 0 Å². The van der Waals surface area contributed by atoms with E-state index in [4.69, 9.17) is 4.42 Å². The van der Waals surface area contributed by atoms with Gasteiger partial charge in [0.05, 0.1) is 4.90 Å². The summed E-state index contributed by atoms with van der Waals surface area (Å²) in [4.78, 5) is 15.2. The van der Waals surface area contributed by atoms with Gasteiger partial charge in [-0.15, -0.1) is 0 Å². The van der Waals surface area contributed by atoms with E-state index in [2.05, 4.69) is 13.8 Å². The van der Waals surface area contributed by atoms with Crippen molar-refractivity contribution in [1.29, 1.82) is 0 Å². The molecule has 0 radical (unpaired) electrons. The number of benzene rings is 1. The maximum atomic E-state index is 13.1. The van der Waals surface area contributed by atoms with Crippen molar-refractivity contribution in [2.45, 2.75) is 63.8 Å². The van der Waals surface area contributed by atoms with Crippen LogP contribution in [0.2, 0.25) is 0 Å². The normalized spacial score (nSPS) is 22.3. The van der Waals surface area contributed by atoms with Crippen LogP contribution < -0.4 is 0 Å². The number of nitrogens with zero attached hydrogens (tertiary/aromatic N) is 2. The molecular formula is C22H30N2O4S. The number of carbonyl (C=O) groups is 1. The Kier molecular flexibility index (Phi) is 5.46. The molecule has 2 aromatic rings. The molecule has 158 valence electrons. The Morgan fingerprint density at radius 1 is 1.07 bits per heavy atom. The largest absolute Gasteiger partial charge is 0.451 e. The molecule has 0 N–H and O–H groups in total. The second-order valence-electron chi connectivity index (χ2n) is 8.64. The monoisotopic (exact) mass is 418 g/mol. The number of fused-ring (bicyclic) bond motifs is 1. The third kappa shape index (κ3) is 3.70. The number of furan rings is 1. The van der Waals surface area contributed by atoms with Gasteiger partial charge < -0.3 is 9.32 Å². The van der Waals surface area contributed by atoms with Crippen molar-refractivity contribution in [3.8, 4) is 0 Å². The minimum absolute atomic E-state index is 0.0969.